The summed E-state index contributed by atoms with van der Waals surface area (Å²) >= 11 is 0. The van der Waals surface area contributed by atoms with Crippen LogP contribution in [0.5, 0.6) is 0 Å². The number of benzene rings is 1. The van der Waals surface area contributed by atoms with Gasteiger partial charge in [0.25, 0.3) is 0 Å². The summed E-state index contributed by atoms with van der Waals surface area (Å²) in [6.07, 6.45) is 2.19. The highest BCUT2D eigenvalue weighted by atomic mass is 16.1. The SMILES string of the molecule is O=C1CCc2c([nH]c3ccccc23)C1. The van der Waals surface area contributed by atoms with E-state index >= 15 is 0 Å². The molecule has 1 aromatic carbocycles. The minimum atomic E-state index is 0.351. The number of H-pyrrole nitrogens is 1. The molecular weight excluding hydrogens is 174 g/mol. The number of hydrogen-bond donors (Lipinski definition) is 1. The number of fused-ring (bicyclic) bond motifs is 3. The van der Waals surface area contributed by atoms with E-state index in [-0.39, 0.29) is 0 Å². The lowest BCUT2D eigenvalue weighted by Gasteiger charge is -2.09. The normalized spacial score (nSPS) is 15.9. The van der Waals surface area contributed by atoms with Gasteiger partial charge in [0.15, 0.2) is 0 Å². The van der Waals surface area contributed by atoms with Gasteiger partial charge in [-0.1, -0.05) is 18.2 Å². The van der Waals surface area contributed by atoms with Crippen LogP contribution in [0, 0.1) is 0 Å². The molecular formula is C12H11NO. The Balaban J connectivity index is 2.29. The minimum absolute atomic E-state index is 0.351. The van der Waals surface area contributed by atoms with Crippen LogP contribution in [-0.4, -0.2) is 10.8 Å². The number of ketones is 1. The third kappa shape index (κ3) is 1.00. The molecule has 2 nitrogen and oxygen atoms in total. The van der Waals surface area contributed by atoms with Crippen LogP contribution in [0.1, 0.15) is 17.7 Å². The van der Waals surface area contributed by atoms with Crippen molar-refractivity contribution in [1.29, 1.82) is 0 Å². The second-order valence-corrected chi connectivity index (χ2v) is 3.84. The summed E-state index contributed by atoms with van der Waals surface area (Å²) in [6, 6.07) is 8.26. The standard InChI is InChI=1S/C12H11NO/c14-8-5-6-10-9-3-1-2-4-11(9)13-12(10)7-8/h1-4,13H,5-7H2. The molecule has 3 rings (SSSR count). The average Bonchev–Trinajstić information content (AvgIpc) is 2.54. The molecule has 2 heteroatoms. The summed E-state index contributed by atoms with van der Waals surface area (Å²) in [4.78, 5) is 14.6. The van der Waals surface area contributed by atoms with E-state index in [1.54, 1.807) is 0 Å². The van der Waals surface area contributed by atoms with Gasteiger partial charge in [-0.05, 0) is 18.1 Å². The van der Waals surface area contributed by atoms with Crippen LogP contribution in [0.4, 0.5) is 0 Å². The number of nitrogens with one attached hydrogen (secondary N) is 1. The molecule has 0 saturated heterocycles. The largest absolute Gasteiger partial charge is 0.358 e. The summed E-state index contributed by atoms with van der Waals surface area (Å²) in [6.45, 7) is 0. The number of para-hydroxylation sites is 1. The molecule has 0 spiro atoms. The maximum atomic E-state index is 11.3. The molecule has 0 aliphatic heterocycles. The van der Waals surface area contributed by atoms with E-state index in [9.17, 15) is 4.79 Å². The lowest BCUT2D eigenvalue weighted by atomic mass is 9.95. The molecule has 2 aromatic rings. The van der Waals surface area contributed by atoms with Crippen molar-refractivity contribution in [2.75, 3.05) is 0 Å². The van der Waals surface area contributed by atoms with Crippen molar-refractivity contribution in [2.45, 2.75) is 19.3 Å². The summed E-state index contributed by atoms with van der Waals surface area (Å²) < 4.78 is 0. The third-order valence-corrected chi connectivity index (χ3v) is 2.93. The zero-order chi connectivity index (χ0) is 9.54. The summed E-state index contributed by atoms with van der Waals surface area (Å²) in [7, 11) is 0. The maximum absolute atomic E-state index is 11.3. The molecule has 70 valence electrons. The number of aromatic nitrogens is 1. The number of rotatable bonds is 0. The summed E-state index contributed by atoms with van der Waals surface area (Å²) in [5.41, 5.74) is 3.63. The van der Waals surface area contributed by atoms with Gasteiger partial charge < -0.3 is 4.98 Å². The highest BCUT2D eigenvalue weighted by Gasteiger charge is 2.19. The fourth-order valence-electron chi connectivity index (χ4n) is 2.24. The zero-order valence-corrected chi connectivity index (χ0v) is 7.84. The first-order valence-electron chi connectivity index (χ1n) is 4.95. The van der Waals surface area contributed by atoms with Crippen molar-refractivity contribution >= 4 is 16.7 Å². The molecule has 1 aliphatic carbocycles. The Morgan fingerprint density at radius 1 is 1.14 bits per heavy atom. The van der Waals surface area contributed by atoms with Crippen LogP contribution in [0.15, 0.2) is 24.3 Å². The predicted molar refractivity (Wildman–Crippen MR) is 55.3 cm³/mol. The highest BCUT2D eigenvalue weighted by Crippen LogP contribution is 2.27. The molecule has 14 heavy (non-hydrogen) atoms. The fourth-order valence-corrected chi connectivity index (χ4v) is 2.24. The summed E-state index contributed by atoms with van der Waals surface area (Å²) in [5, 5.41) is 1.29. The lowest BCUT2D eigenvalue weighted by Crippen LogP contribution is -2.12. The number of Topliss-reactive ketones (excluding diaryl/α,β-unsaturated/α-hetero) is 1. The van der Waals surface area contributed by atoms with Crippen LogP contribution < -0.4 is 0 Å². The van der Waals surface area contributed by atoms with Crippen molar-refractivity contribution in [3.8, 4) is 0 Å². The van der Waals surface area contributed by atoms with E-state index in [1.165, 1.54) is 10.9 Å². The second-order valence-electron chi connectivity index (χ2n) is 3.84. The van der Waals surface area contributed by atoms with Crippen molar-refractivity contribution in [2.24, 2.45) is 0 Å². The molecule has 0 atom stereocenters. The van der Waals surface area contributed by atoms with Crippen LogP contribution in [0.2, 0.25) is 0 Å². The Bertz CT molecular complexity index is 510. The topological polar surface area (TPSA) is 32.9 Å². The van der Waals surface area contributed by atoms with Crippen LogP contribution in [0.25, 0.3) is 10.9 Å². The second kappa shape index (κ2) is 2.71. The van der Waals surface area contributed by atoms with Gasteiger partial charge in [0.05, 0.1) is 0 Å². The monoisotopic (exact) mass is 185 g/mol. The molecule has 0 fully saturated rings. The number of carbonyl (C=O) groups excluding carboxylic acids is 1. The van der Waals surface area contributed by atoms with Crippen molar-refractivity contribution in [1.82, 2.24) is 4.98 Å². The first-order chi connectivity index (χ1) is 6.84. The van der Waals surface area contributed by atoms with E-state index in [2.05, 4.69) is 17.1 Å². The fraction of sp³-hybridized carbons (Fsp3) is 0.250. The van der Waals surface area contributed by atoms with E-state index < -0.39 is 0 Å². The van der Waals surface area contributed by atoms with E-state index in [1.807, 2.05) is 12.1 Å². The number of hydrogen-bond acceptors (Lipinski definition) is 1. The molecule has 0 unspecified atom stereocenters. The van der Waals surface area contributed by atoms with Crippen LogP contribution >= 0.6 is 0 Å². The molecule has 0 bridgehead atoms. The maximum Gasteiger partial charge on any atom is 0.139 e. The first kappa shape index (κ1) is 7.80. The van der Waals surface area contributed by atoms with E-state index in [0.29, 0.717) is 18.6 Å². The van der Waals surface area contributed by atoms with Gasteiger partial charge in [0.1, 0.15) is 5.78 Å². The molecule has 1 aromatic heterocycles. The Labute approximate surface area is 81.9 Å². The summed E-state index contributed by atoms with van der Waals surface area (Å²) in [5.74, 6) is 0.351. The van der Waals surface area contributed by atoms with Gasteiger partial charge in [-0.25, -0.2) is 0 Å². The van der Waals surface area contributed by atoms with E-state index in [4.69, 9.17) is 0 Å². The van der Waals surface area contributed by atoms with Gasteiger partial charge in [-0.3, -0.25) is 4.79 Å². The average molecular weight is 185 g/mol. The Kier molecular flexibility index (Phi) is 1.51. The number of aromatic amines is 1. The van der Waals surface area contributed by atoms with Gasteiger partial charge in [-0.15, -0.1) is 0 Å². The molecule has 0 saturated carbocycles. The lowest BCUT2D eigenvalue weighted by molar-refractivity contribution is -0.118. The minimum Gasteiger partial charge on any atom is -0.358 e. The molecule has 0 radical (unpaired) electrons. The van der Waals surface area contributed by atoms with Crippen molar-refractivity contribution in [3.05, 3.63) is 35.5 Å². The van der Waals surface area contributed by atoms with Crippen LogP contribution in [-0.2, 0) is 17.6 Å². The van der Waals surface area contributed by atoms with Crippen molar-refractivity contribution in [3.63, 3.8) is 0 Å². The van der Waals surface area contributed by atoms with Gasteiger partial charge in [0.2, 0.25) is 0 Å². The molecule has 1 heterocycles. The number of aryl methyl sites for hydroxylation is 1. The smallest absolute Gasteiger partial charge is 0.139 e. The first-order valence-corrected chi connectivity index (χ1v) is 4.95. The Hall–Kier alpha value is -1.57. The predicted octanol–water partition coefficient (Wildman–Crippen LogP) is 2.23. The van der Waals surface area contributed by atoms with E-state index in [0.717, 1.165) is 17.6 Å². The van der Waals surface area contributed by atoms with Gasteiger partial charge in [0, 0.05) is 29.4 Å². The molecule has 1 aliphatic rings. The van der Waals surface area contributed by atoms with Gasteiger partial charge in [-0.2, -0.15) is 0 Å². The van der Waals surface area contributed by atoms with Crippen LogP contribution in [0.3, 0.4) is 0 Å². The highest BCUT2D eigenvalue weighted by molar-refractivity contribution is 5.90. The Morgan fingerprint density at radius 3 is 2.93 bits per heavy atom. The molecule has 1 N–H and O–H groups in total. The zero-order valence-electron chi connectivity index (χ0n) is 7.84. The molecule has 0 amide bonds. The third-order valence-electron chi connectivity index (χ3n) is 2.93. The number of carbonyl (C=O) groups is 1. The van der Waals surface area contributed by atoms with Crippen molar-refractivity contribution < 1.29 is 4.79 Å². The van der Waals surface area contributed by atoms with Gasteiger partial charge >= 0.3 is 0 Å². The Morgan fingerprint density at radius 2 is 2.00 bits per heavy atom. The quantitative estimate of drug-likeness (QED) is 0.670.